The molecule has 216 valence electrons. The van der Waals surface area contributed by atoms with Gasteiger partial charge in [0.1, 0.15) is 12.4 Å². The number of benzene rings is 5. The van der Waals surface area contributed by atoms with Crippen LogP contribution >= 0.6 is 0 Å². The van der Waals surface area contributed by atoms with Crippen molar-refractivity contribution in [2.45, 2.75) is 6.61 Å². The highest BCUT2D eigenvalue weighted by Crippen LogP contribution is 2.34. The predicted octanol–water partition coefficient (Wildman–Crippen LogP) is 7.79. The Balaban J connectivity index is 1.41. The number of hydrogen-bond donors (Lipinski definition) is 1. The van der Waals surface area contributed by atoms with E-state index in [-0.39, 0.29) is 22.8 Å². The molecule has 44 heavy (non-hydrogen) atoms. The van der Waals surface area contributed by atoms with Crippen LogP contribution < -0.4 is 9.64 Å². The molecule has 5 aromatic carbocycles. The Hall–Kier alpha value is -6.22. The zero-order chi connectivity index (χ0) is 30.6. The molecule has 0 bridgehead atoms. The Morgan fingerprint density at radius 2 is 1.41 bits per heavy atom. The number of amides is 1. The second kappa shape index (κ2) is 11.9. The van der Waals surface area contributed by atoms with Crippen molar-refractivity contribution in [2.24, 2.45) is 0 Å². The van der Waals surface area contributed by atoms with E-state index >= 15 is 0 Å². The zero-order valence-corrected chi connectivity index (χ0v) is 23.2. The fourth-order valence-corrected chi connectivity index (χ4v) is 5.08. The van der Waals surface area contributed by atoms with Crippen LogP contribution in [0.15, 0.2) is 134 Å². The van der Waals surface area contributed by atoms with Crippen molar-refractivity contribution in [3.05, 3.63) is 160 Å². The quantitative estimate of drug-likeness (QED) is 0.137. The Kier molecular flexibility index (Phi) is 7.58. The average molecular weight is 584 g/mol. The van der Waals surface area contributed by atoms with Crippen LogP contribution in [0.5, 0.6) is 5.75 Å². The first-order valence-electron chi connectivity index (χ1n) is 13.7. The van der Waals surface area contributed by atoms with E-state index in [1.807, 2.05) is 72.8 Å². The molecule has 0 aliphatic carbocycles. The van der Waals surface area contributed by atoms with Crippen molar-refractivity contribution in [3.63, 3.8) is 0 Å². The number of para-hydroxylation sites is 2. The number of carboxylic acids is 1. The standard InChI is InChI=1S/C35H25N3O6/c39-34(31-22-36(32-14-8-7-13-29(31)32)33-20-17-27(38(42)43)21-30(33)35(40)41)37(25-11-5-2-6-12-25)26-15-18-28(19-16-26)44-23-24-9-3-1-4-10-24/h1-22H,23H2,(H,40,41). The Labute approximate surface area is 251 Å². The third-order valence-electron chi connectivity index (χ3n) is 7.18. The number of anilines is 2. The van der Waals surface area contributed by atoms with Crippen LogP contribution in [0.2, 0.25) is 0 Å². The summed E-state index contributed by atoms with van der Waals surface area (Å²) in [6, 6.07) is 37.0. The van der Waals surface area contributed by atoms with E-state index in [0.29, 0.717) is 40.2 Å². The van der Waals surface area contributed by atoms with Crippen molar-refractivity contribution >= 4 is 39.8 Å². The molecule has 0 aliphatic rings. The molecular weight excluding hydrogens is 558 g/mol. The van der Waals surface area contributed by atoms with E-state index in [0.717, 1.165) is 11.6 Å². The van der Waals surface area contributed by atoms with Crippen molar-refractivity contribution < 1.29 is 24.4 Å². The molecule has 1 amide bonds. The molecule has 0 spiro atoms. The maximum Gasteiger partial charge on any atom is 0.338 e. The summed E-state index contributed by atoms with van der Waals surface area (Å²) in [5, 5.41) is 21.8. The van der Waals surface area contributed by atoms with Gasteiger partial charge >= 0.3 is 5.97 Å². The first-order chi connectivity index (χ1) is 21.4. The van der Waals surface area contributed by atoms with Crippen LogP contribution in [0.4, 0.5) is 17.1 Å². The number of hydrogen-bond acceptors (Lipinski definition) is 5. The number of rotatable bonds is 9. The Morgan fingerprint density at radius 3 is 2.09 bits per heavy atom. The third-order valence-corrected chi connectivity index (χ3v) is 7.18. The molecule has 1 N–H and O–H groups in total. The summed E-state index contributed by atoms with van der Waals surface area (Å²) in [5.41, 5.74) is 2.77. The fourth-order valence-electron chi connectivity index (χ4n) is 5.08. The number of fused-ring (bicyclic) bond motifs is 1. The van der Waals surface area contributed by atoms with E-state index < -0.39 is 10.9 Å². The fraction of sp³-hybridized carbons (Fsp3) is 0.0286. The maximum absolute atomic E-state index is 14.4. The van der Waals surface area contributed by atoms with Gasteiger partial charge in [-0.1, -0.05) is 66.7 Å². The van der Waals surface area contributed by atoms with E-state index in [2.05, 4.69) is 0 Å². The first-order valence-corrected chi connectivity index (χ1v) is 13.7. The van der Waals surface area contributed by atoms with Gasteiger partial charge in [0.25, 0.3) is 11.6 Å². The Morgan fingerprint density at radius 1 is 0.773 bits per heavy atom. The highest BCUT2D eigenvalue weighted by Gasteiger charge is 2.26. The average Bonchev–Trinajstić information content (AvgIpc) is 3.45. The van der Waals surface area contributed by atoms with Gasteiger partial charge in [0, 0.05) is 35.1 Å². The van der Waals surface area contributed by atoms with Crippen LogP contribution in [0.1, 0.15) is 26.3 Å². The number of carboxylic acid groups (broad SMARTS) is 1. The molecule has 0 saturated heterocycles. The number of aromatic carboxylic acids is 1. The van der Waals surface area contributed by atoms with Crippen molar-refractivity contribution in [1.82, 2.24) is 4.57 Å². The second-order valence-electron chi connectivity index (χ2n) is 9.94. The van der Waals surface area contributed by atoms with Gasteiger partial charge in [-0.25, -0.2) is 4.79 Å². The number of ether oxygens (including phenoxy) is 1. The van der Waals surface area contributed by atoms with Gasteiger partial charge in [0.05, 0.1) is 27.3 Å². The highest BCUT2D eigenvalue weighted by atomic mass is 16.6. The zero-order valence-electron chi connectivity index (χ0n) is 23.2. The lowest BCUT2D eigenvalue weighted by molar-refractivity contribution is -0.384. The van der Waals surface area contributed by atoms with Gasteiger partial charge in [-0.05, 0) is 54.1 Å². The molecule has 6 aromatic rings. The minimum Gasteiger partial charge on any atom is -0.489 e. The van der Waals surface area contributed by atoms with Crippen LogP contribution in [0.3, 0.4) is 0 Å². The monoisotopic (exact) mass is 583 g/mol. The smallest absolute Gasteiger partial charge is 0.338 e. The van der Waals surface area contributed by atoms with E-state index in [4.69, 9.17) is 4.74 Å². The maximum atomic E-state index is 14.4. The summed E-state index contributed by atoms with van der Waals surface area (Å²) >= 11 is 0. The van der Waals surface area contributed by atoms with E-state index in [1.165, 1.54) is 12.1 Å². The number of aromatic nitrogens is 1. The Bertz CT molecular complexity index is 1990. The van der Waals surface area contributed by atoms with Gasteiger partial charge in [-0.3, -0.25) is 19.8 Å². The highest BCUT2D eigenvalue weighted by molar-refractivity contribution is 6.17. The van der Waals surface area contributed by atoms with Crippen molar-refractivity contribution in [2.75, 3.05) is 4.90 Å². The van der Waals surface area contributed by atoms with E-state index in [9.17, 15) is 24.8 Å². The van der Waals surface area contributed by atoms with Crippen LogP contribution in [-0.2, 0) is 6.61 Å². The number of nitrogens with zero attached hydrogens (tertiary/aromatic N) is 3. The van der Waals surface area contributed by atoms with Gasteiger partial charge in [0.2, 0.25) is 0 Å². The molecule has 1 aromatic heterocycles. The molecule has 0 aliphatic heterocycles. The number of carbonyl (C=O) groups excluding carboxylic acids is 1. The van der Waals surface area contributed by atoms with Crippen molar-refractivity contribution in [1.29, 1.82) is 0 Å². The molecule has 1 heterocycles. The lowest BCUT2D eigenvalue weighted by Gasteiger charge is -2.23. The molecule has 0 unspecified atom stereocenters. The summed E-state index contributed by atoms with van der Waals surface area (Å²) in [7, 11) is 0. The molecule has 9 heteroatoms. The summed E-state index contributed by atoms with van der Waals surface area (Å²) in [5.74, 6) is -1.02. The number of nitro groups is 1. The topological polar surface area (TPSA) is 115 Å². The van der Waals surface area contributed by atoms with Gasteiger partial charge in [-0.2, -0.15) is 0 Å². The second-order valence-corrected chi connectivity index (χ2v) is 9.94. The minimum absolute atomic E-state index is 0.199. The largest absolute Gasteiger partial charge is 0.489 e. The first kappa shape index (κ1) is 27.9. The molecule has 0 fully saturated rings. The molecule has 0 saturated carbocycles. The van der Waals surface area contributed by atoms with Gasteiger partial charge in [0.15, 0.2) is 0 Å². The molecule has 0 atom stereocenters. The normalized spacial score (nSPS) is 10.8. The molecule has 6 rings (SSSR count). The molecule has 9 nitrogen and oxygen atoms in total. The number of nitro benzene ring substituents is 1. The minimum atomic E-state index is -1.32. The van der Waals surface area contributed by atoms with Crippen molar-refractivity contribution in [3.8, 4) is 11.4 Å². The van der Waals surface area contributed by atoms with Gasteiger partial charge < -0.3 is 14.4 Å². The van der Waals surface area contributed by atoms with Crippen LogP contribution in [-0.4, -0.2) is 26.5 Å². The lowest BCUT2D eigenvalue weighted by atomic mass is 10.1. The third kappa shape index (κ3) is 5.49. The summed E-state index contributed by atoms with van der Waals surface area (Å²) in [6.45, 7) is 0.405. The predicted molar refractivity (Wildman–Crippen MR) is 167 cm³/mol. The van der Waals surface area contributed by atoms with E-state index in [1.54, 1.807) is 52.1 Å². The number of carbonyl (C=O) groups is 2. The molecule has 0 radical (unpaired) electrons. The number of non-ortho nitro benzene ring substituents is 1. The molecular formula is C35H25N3O6. The van der Waals surface area contributed by atoms with Gasteiger partial charge in [-0.15, -0.1) is 0 Å². The van der Waals surface area contributed by atoms with Crippen LogP contribution in [0.25, 0.3) is 16.6 Å². The van der Waals surface area contributed by atoms with Crippen LogP contribution in [0, 0.1) is 10.1 Å². The SMILES string of the molecule is O=C(O)c1cc([N+](=O)[O-])ccc1-n1cc(C(=O)N(c2ccccc2)c2ccc(OCc3ccccc3)cc2)c2ccccc21. The summed E-state index contributed by atoms with van der Waals surface area (Å²) < 4.78 is 7.53. The summed E-state index contributed by atoms with van der Waals surface area (Å²) in [6.07, 6.45) is 1.58. The summed E-state index contributed by atoms with van der Waals surface area (Å²) in [4.78, 5) is 38.9. The lowest BCUT2D eigenvalue weighted by Crippen LogP contribution is -2.25.